The van der Waals surface area contributed by atoms with E-state index in [0.29, 0.717) is 0 Å². The maximum absolute atomic E-state index is 10.0. The zero-order valence-corrected chi connectivity index (χ0v) is 8.31. The number of rotatable bonds is 1. The molecule has 2 rings (SSSR count). The Kier molecular flexibility index (Phi) is 4.29. The first-order chi connectivity index (χ1) is 7.22. The normalized spacial score (nSPS) is 13.9. The van der Waals surface area contributed by atoms with E-state index in [1.165, 1.54) is 5.56 Å². The molecule has 3 heteroatoms. The highest BCUT2D eigenvalue weighted by molar-refractivity contribution is 5.92. The van der Waals surface area contributed by atoms with E-state index < -0.39 is 11.9 Å². The van der Waals surface area contributed by atoms with Crippen molar-refractivity contribution in [1.82, 2.24) is 0 Å². The molecule has 0 saturated carbocycles. The van der Waals surface area contributed by atoms with E-state index in [2.05, 4.69) is 11.3 Å². The van der Waals surface area contributed by atoms with Crippen molar-refractivity contribution in [3.05, 3.63) is 42.5 Å². The van der Waals surface area contributed by atoms with Gasteiger partial charge in [0.25, 0.3) is 0 Å². The number of cyclic esters (lactones) is 2. The molecule has 0 bridgehead atoms. The van der Waals surface area contributed by atoms with Gasteiger partial charge in [0.1, 0.15) is 0 Å². The molecule has 15 heavy (non-hydrogen) atoms. The summed E-state index contributed by atoms with van der Waals surface area (Å²) in [5.41, 5.74) is 1.17. The van der Waals surface area contributed by atoms with Crippen LogP contribution in [0.5, 0.6) is 0 Å². The molecule has 1 aromatic carbocycles. The Morgan fingerprint density at radius 1 is 1.07 bits per heavy atom. The predicted molar refractivity (Wildman–Crippen MR) is 56.9 cm³/mol. The van der Waals surface area contributed by atoms with E-state index >= 15 is 0 Å². The Balaban J connectivity index is 0.000000151. The van der Waals surface area contributed by atoms with E-state index in [4.69, 9.17) is 0 Å². The molecule has 0 amide bonds. The third-order valence-electron chi connectivity index (χ3n) is 1.80. The van der Waals surface area contributed by atoms with Gasteiger partial charge in [-0.05, 0) is 5.56 Å². The first kappa shape index (κ1) is 11.2. The summed E-state index contributed by atoms with van der Waals surface area (Å²) >= 11 is 0. The van der Waals surface area contributed by atoms with Crippen LogP contribution in [0.15, 0.2) is 36.9 Å². The largest absolute Gasteiger partial charge is 0.393 e. The zero-order chi connectivity index (χ0) is 11.1. The molecular formula is C12H12O3. The van der Waals surface area contributed by atoms with Gasteiger partial charge in [-0.15, -0.1) is 0 Å². The molecule has 0 N–H and O–H groups in total. The molecule has 1 heterocycles. The molecule has 0 unspecified atom stereocenters. The fraction of sp³-hybridized carbons (Fsp3) is 0.167. The lowest BCUT2D eigenvalue weighted by Gasteiger charge is -1.85. The first-order valence-corrected chi connectivity index (χ1v) is 4.63. The molecule has 1 aliphatic rings. The van der Waals surface area contributed by atoms with Gasteiger partial charge in [0, 0.05) is 0 Å². The van der Waals surface area contributed by atoms with Crippen LogP contribution in [-0.2, 0) is 14.3 Å². The Morgan fingerprint density at radius 2 is 1.60 bits per heavy atom. The van der Waals surface area contributed by atoms with Crippen LogP contribution in [0.2, 0.25) is 0 Å². The molecular weight excluding hydrogens is 192 g/mol. The molecule has 1 aliphatic heterocycles. The second kappa shape index (κ2) is 5.75. The maximum Gasteiger partial charge on any atom is 0.314 e. The van der Waals surface area contributed by atoms with Crippen LogP contribution in [0.1, 0.15) is 18.4 Å². The summed E-state index contributed by atoms with van der Waals surface area (Å²) in [6.45, 7) is 3.63. The summed E-state index contributed by atoms with van der Waals surface area (Å²) in [5, 5.41) is 0. The highest BCUT2D eigenvalue weighted by Crippen LogP contribution is 2.03. The van der Waals surface area contributed by atoms with E-state index in [-0.39, 0.29) is 12.8 Å². The van der Waals surface area contributed by atoms with Gasteiger partial charge in [-0.2, -0.15) is 0 Å². The standard InChI is InChI=1S/C8H8.C4H4O3/c1-2-8-6-4-3-5-7-8;5-3-1-2-4(6)7-3/h2-7H,1H2;1-2H2. The van der Waals surface area contributed by atoms with Crippen LogP contribution in [-0.4, -0.2) is 11.9 Å². The summed E-state index contributed by atoms with van der Waals surface area (Å²) in [4.78, 5) is 20.0. The third kappa shape index (κ3) is 4.22. The van der Waals surface area contributed by atoms with E-state index in [1.54, 1.807) is 0 Å². The van der Waals surface area contributed by atoms with E-state index in [1.807, 2.05) is 36.4 Å². The summed E-state index contributed by atoms with van der Waals surface area (Å²) in [6.07, 6.45) is 2.36. The van der Waals surface area contributed by atoms with Gasteiger partial charge in [0.2, 0.25) is 0 Å². The Hall–Kier alpha value is -1.90. The van der Waals surface area contributed by atoms with Crippen LogP contribution in [0.4, 0.5) is 0 Å². The number of esters is 2. The number of carbonyl (C=O) groups excluding carboxylic acids is 2. The molecule has 0 radical (unpaired) electrons. The van der Waals surface area contributed by atoms with Crippen LogP contribution < -0.4 is 0 Å². The van der Waals surface area contributed by atoms with Gasteiger partial charge in [-0.3, -0.25) is 9.59 Å². The highest BCUT2D eigenvalue weighted by atomic mass is 16.6. The average molecular weight is 204 g/mol. The van der Waals surface area contributed by atoms with Gasteiger partial charge in [-0.1, -0.05) is 43.0 Å². The first-order valence-electron chi connectivity index (χ1n) is 4.63. The van der Waals surface area contributed by atoms with Crippen molar-refractivity contribution < 1.29 is 14.3 Å². The minimum Gasteiger partial charge on any atom is -0.393 e. The van der Waals surface area contributed by atoms with E-state index in [0.717, 1.165) is 0 Å². The SMILES string of the molecule is C=Cc1ccccc1.O=C1CCC(=O)O1. The van der Waals surface area contributed by atoms with Crippen LogP contribution in [0.25, 0.3) is 6.08 Å². The van der Waals surface area contributed by atoms with Gasteiger partial charge >= 0.3 is 11.9 Å². The van der Waals surface area contributed by atoms with Gasteiger partial charge < -0.3 is 4.74 Å². The monoisotopic (exact) mass is 204 g/mol. The Labute approximate surface area is 88.4 Å². The summed E-state index contributed by atoms with van der Waals surface area (Å²) in [6, 6.07) is 10.0. The number of hydrogen-bond acceptors (Lipinski definition) is 3. The predicted octanol–water partition coefficient (Wildman–Crippen LogP) is 2.18. The third-order valence-corrected chi connectivity index (χ3v) is 1.80. The smallest absolute Gasteiger partial charge is 0.314 e. The van der Waals surface area contributed by atoms with Crippen molar-refractivity contribution >= 4 is 18.0 Å². The number of ether oxygens (including phenoxy) is 1. The molecule has 1 fully saturated rings. The highest BCUT2D eigenvalue weighted by Gasteiger charge is 2.19. The Bertz CT molecular complexity index is 340. The lowest BCUT2D eigenvalue weighted by Crippen LogP contribution is -1.94. The van der Waals surface area contributed by atoms with E-state index in [9.17, 15) is 9.59 Å². The molecule has 1 saturated heterocycles. The minimum atomic E-state index is -0.398. The van der Waals surface area contributed by atoms with Crippen molar-refractivity contribution in [1.29, 1.82) is 0 Å². The Morgan fingerprint density at radius 3 is 1.87 bits per heavy atom. The van der Waals surface area contributed by atoms with Gasteiger partial charge in [-0.25, -0.2) is 0 Å². The summed E-state index contributed by atoms with van der Waals surface area (Å²) in [7, 11) is 0. The summed E-state index contributed by atoms with van der Waals surface area (Å²) in [5.74, 6) is -0.796. The molecule has 1 aromatic rings. The minimum absolute atomic E-state index is 0.263. The molecule has 0 spiro atoms. The maximum atomic E-state index is 10.0. The quantitative estimate of drug-likeness (QED) is 0.520. The van der Waals surface area contributed by atoms with Crippen molar-refractivity contribution in [2.45, 2.75) is 12.8 Å². The number of benzene rings is 1. The molecule has 0 aliphatic carbocycles. The average Bonchev–Trinajstić information content (AvgIpc) is 2.65. The second-order valence-electron chi connectivity index (χ2n) is 2.96. The fourth-order valence-corrected chi connectivity index (χ4v) is 1.02. The van der Waals surface area contributed by atoms with Crippen molar-refractivity contribution in [2.75, 3.05) is 0 Å². The second-order valence-corrected chi connectivity index (χ2v) is 2.96. The molecule has 78 valence electrons. The molecule has 3 nitrogen and oxygen atoms in total. The topological polar surface area (TPSA) is 43.4 Å². The number of hydrogen-bond donors (Lipinski definition) is 0. The van der Waals surface area contributed by atoms with Crippen LogP contribution in [0.3, 0.4) is 0 Å². The van der Waals surface area contributed by atoms with Crippen LogP contribution >= 0.6 is 0 Å². The van der Waals surface area contributed by atoms with Gasteiger partial charge in [0.05, 0.1) is 12.8 Å². The number of carbonyl (C=O) groups is 2. The van der Waals surface area contributed by atoms with Crippen molar-refractivity contribution in [2.24, 2.45) is 0 Å². The lowest BCUT2D eigenvalue weighted by atomic mass is 10.2. The molecule has 0 aromatic heterocycles. The summed E-state index contributed by atoms with van der Waals surface area (Å²) < 4.78 is 4.08. The fourth-order valence-electron chi connectivity index (χ4n) is 1.02. The van der Waals surface area contributed by atoms with Gasteiger partial charge in [0.15, 0.2) is 0 Å². The van der Waals surface area contributed by atoms with Crippen molar-refractivity contribution in [3.8, 4) is 0 Å². The molecule has 0 atom stereocenters. The lowest BCUT2D eigenvalue weighted by molar-refractivity contribution is -0.151. The zero-order valence-electron chi connectivity index (χ0n) is 8.31. The van der Waals surface area contributed by atoms with Crippen molar-refractivity contribution in [3.63, 3.8) is 0 Å². The van der Waals surface area contributed by atoms with Crippen LogP contribution in [0, 0.1) is 0 Å².